The van der Waals surface area contributed by atoms with Crippen LogP contribution in [-0.4, -0.2) is 6.54 Å². The van der Waals surface area contributed by atoms with Crippen LogP contribution in [0.1, 0.15) is 30.9 Å². The van der Waals surface area contributed by atoms with Crippen LogP contribution in [0.4, 0.5) is 0 Å². The second kappa shape index (κ2) is 4.09. The van der Waals surface area contributed by atoms with Crippen LogP contribution in [0.3, 0.4) is 0 Å². The first kappa shape index (κ1) is 11.2. The standard InChI is InChI=1S/C14H18N2S/c15-9-14(6-3-7-14)13(16)11-8-17-12-5-2-1-4-10(11)12/h1-2,4-5,8,13H,3,6-7,9,15-16H2. The summed E-state index contributed by atoms with van der Waals surface area (Å²) >= 11 is 1.78. The molecule has 3 rings (SSSR count). The summed E-state index contributed by atoms with van der Waals surface area (Å²) in [6.07, 6.45) is 3.62. The molecule has 0 bridgehead atoms. The van der Waals surface area contributed by atoms with E-state index in [0.29, 0.717) is 6.54 Å². The number of fused-ring (bicyclic) bond motifs is 1. The van der Waals surface area contributed by atoms with Gasteiger partial charge in [0, 0.05) is 16.2 Å². The highest BCUT2D eigenvalue weighted by atomic mass is 32.1. The number of hydrogen-bond donors (Lipinski definition) is 2. The lowest BCUT2D eigenvalue weighted by atomic mass is 9.63. The Bertz CT molecular complexity index is 522. The van der Waals surface area contributed by atoms with Gasteiger partial charge in [-0.05, 0) is 41.8 Å². The van der Waals surface area contributed by atoms with Gasteiger partial charge >= 0.3 is 0 Å². The lowest BCUT2D eigenvalue weighted by Gasteiger charge is -2.45. The number of benzene rings is 1. The molecule has 1 aliphatic rings. The fourth-order valence-electron chi connectivity index (χ4n) is 2.84. The Hall–Kier alpha value is -0.900. The second-order valence-corrected chi connectivity index (χ2v) is 6.00. The summed E-state index contributed by atoms with van der Waals surface area (Å²) in [5, 5.41) is 3.52. The molecule has 1 atom stereocenters. The monoisotopic (exact) mass is 246 g/mol. The molecule has 1 unspecified atom stereocenters. The Balaban J connectivity index is 2.03. The van der Waals surface area contributed by atoms with E-state index in [9.17, 15) is 0 Å². The van der Waals surface area contributed by atoms with E-state index in [1.54, 1.807) is 11.3 Å². The lowest BCUT2D eigenvalue weighted by molar-refractivity contribution is 0.105. The maximum Gasteiger partial charge on any atom is 0.0378 e. The lowest BCUT2D eigenvalue weighted by Crippen LogP contribution is -2.45. The smallest absolute Gasteiger partial charge is 0.0378 e. The van der Waals surface area contributed by atoms with E-state index < -0.39 is 0 Å². The van der Waals surface area contributed by atoms with Crippen molar-refractivity contribution in [2.24, 2.45) is 16.9 Å². The summed E-state index contributed by atoms with van der Waals surface area (Å²) in [5.74, 6) is 0. The molecule has 17 heavy (non-hydrogen) atoms. The second-order valence-electron chi connectivity index (χ2n) is 5.08. The van der Waals surface area contributed by atoms with Crippen LogP contribution >= 0.6 is 11.3 Å². The van der Waals surface area contributed by atoms with E-state index >= 15 is 0 Å². The molecule has 0 spiro atoms. The van der Waals surface area contributed by atoms with Crippen molar-refractivity contribution in [3.63, 3.8) is 0 Å². The van der Waals surface area contributed by atoms with Crippen LogP contribution in [0.2, 0.25) is 0 Å². The predicted molar refractivity (Wildman–Crippen MR) is 74.1 cm³/mol. The molecular formula is C14H18N2S. The van der Waals surface area contributed by atoms with E-state index in [1.165, 1.54) is 34.9 Å². The fourth-order valence-corrected chi connectivity index (χ4v) is 3.84. The Morgan fingerprint density at radius 2 is 2.06 bits per heavy atom. The van der Waals surface area contributed by atoms with Crippen LogP contribution < -0.4 is 11.5 Å². The molecule has 1 aromatic carbocycles. The van der Waals surface area contributed by atoms with Crippen LogP contribution in [-0.2, 0) is 0 Å². The Morgan fingerprint density at radius 1 is 1.29 bits per heavy atom. The molecule has 0 saturated heterocycles. The summed E-state index contributed by atoms with van der Waals surface area (Å²) in [6, 6.07) is 8.59. The molecule has 1 fully saturated rings. The quantitative estimate of drug-likeness (QED) is 0.874. The van der Waals surface area contributed by atoms with Gasteiger partial charge in [0.25, 0.3) is 0 Å². The van der Waals surface area contributed by atoms with Crippen LogP contribution in [0, 0.1) is 5.41 Å². The minimum Gasteiger partial charge on any atom is -0.330 e. The molecule has 1 aliphatic carbocycles. The normalized spacial score (nSPS) is 20.1. The summed E-state index contributed by atoms with van der Waals surface area (Å²) in [4.78, 5) is 0. The van der Waals surface area contributed by atoms with E-state index in [0.717, 1.165) is 0 Å². The molecule has 1 saturated carbocycles. The predicted octanol–water partition coefficient (Wildman–Crippen LogP) is 3.03. The van der Waals surface area contributed by atoms with Gasteiger partial charge in [-0.25, -0.2) is 0 Å². The average molecular weight is 246 g/mol. The van der Waals surface area contributed by atoms with Gasteiger partial charge in [-0.15, -0.1) is 11.3 Å². The minimum absolute atomic E-state index is 0.0948. The first-order valence-electron chi connectivity index (χ1n) is 6.19. The topological polar surface area (TPSA) is 52.0 Å². The molecular weight excluding hydrogens is 228 g/mol. The number of hydrogen-bond acceptors (Lipinski definition) is 3. The third-order valence-electron chi connectivity index (χ3n) is 4.26. The molecule has 3 heteroatoms. The molecule has 0 radical (unpaired) electrons. The van der Waals surface area contributed by atoms with Crippen molar-refractivity contribution < 1.29 is 0 Å². The van der Waals surface area contributed by atoms with Gasteiger partial charge in [0.1, 0.15) is 0 Å². The van der Waals surface area contributed by atoms with Gasteiger partial charge in [-0.3, -0.25) is 0 Å². The zero-order valence-electron chi connectivity index (χ0n) is 9.86. The van der Waals surface area contributed by atoms with E-state index in [-0.39, 0.29) is 11.5 Å². The van der Waals surface area contributed by atoms with E-state index in [1.807, 2.05) is 0 Å². The van der Waals surface area contributed by atoms with Gasteiger partial charge in [0.05, 0.1) is 0 Å². The summed E-state index contributed by atoms with van der Waals surface area (Å²) < 4.78 is 1.32. The third kappa shape index (κ3) is 1.61. The molecule has 4 N–H and O–H groups in total. The first-order valence-corrected chi connectivity index (χ1v) is 7.07. The summed E-state index contributed by atoms with van der Waals surface area (Å²) in [7, 11) is 0. The number of rotatable bonds is 3. The molecule has 2 nitrogen and oxygen atoms in total. The Kier molecular flexibility index (Phi) is 2.69. The SMILES string of the molecule is NCC1(C(N)c2csc3ccccc23)CCC1. The molecule has 0 amide bonds. The highest BCUT2D eigenvalue weighted by Gasteiger charge is 2.42. The highest BCUT2D eigenvalue weighted by molar-refractivity contribution is 7.17. The van der Waals surface area contributed by atoms with Crippen molar-refractivity contribution in [3.8, 4) is 0 Å². The van der Waals surface area contributed by atoms with Crippen LogP contribution in [0.25, 0.3) is 10.1 Å². The minimum atomic E-state index is 0.0948. The van der Waals surface area contributed by atoms with Crippen molar-refractivity contribution in [1.82, 2.24) is 0 Å². The molecule has 90 valence electrons. The highest BCUT2D eigenvalue weighted by Crippen LogP contribution is 2.50. The van der Waals surface area contributed by atoms with Crippen molar-refractivity contribution >= 4 is 21.4 Å². The number of thiophene rings is 1. The maximum atomic E-state index is 6.48. The largest absolute Gasteiger partial charge is 0.330 e. The fraction of sp³-hybridized carbons (Fsp3) is 0.429. The third-order valence-corrected chi connectivity index (χ3v) is 5.24. The van der Waals surface area contributed by atoms with E-state index in [4.69, 9.17) is 11.5 Å². The first-order chi connectivity index (χ1) is 8.27. The van der Waals surface area contributed by atoms with Crippen LogP contribution in [0.5, 0.6) is 0 Å². The molecule has 1 aromatic heterocycles. The average Bonchev–Trinajstić information content (AvgIpc) is 2.71. The van der Waals surface area contributed by atoms with Gasteiger partial charge < -0.3 is 11.5 Å². The van der Waals surface area contributed by atoms with Gasteiger partial charge in [-0.1, -0.05) is 24.6 Å². The Labute approximate surface area is 106 Å². The van der Waals surface area contributed by atoms with Gasteiger partial charge in [0.2, 0.25) is 0 Å². The van der Waals surface area contributed by atoms with E-state index in [2.05, 4.69) is 29.6 Å². The van der Waals surface area contributed by atoms with Gasteiger partial charge in [-0.2, -0.15) is 0 Å². The van der Waals surface area contributed by atoms with Crippen molar-refractivity contribution in [3.05, 3.63) is 35.2 Å². The summed E-state index contributed by atoms with van der Waals surface area (Å²) in [6.45, 7) is 0.707. The molecule has 2 aromatic rings. The number of nitrogens with two attached hydrogens (primary N) is 2. The van der Waals surface area contributed by atoms with Gasteiger partial charge in [0.15, 0.2) is 0 Å². The summed E-state index contributed by atoms with van der Waals surface area (Å²) in [5.41, 5.74) is 13.9. The van der Waals surface area contributed by atoms with Crippen LogP contribution in [0.15, 0.2) is 29.6 Å². The van der Waals surface area contributed by atoms with Crippen molar-refractivity contribution in [2.75, 3.05) is 6.54 Å². The zero-order chi connectivity index (χ0) is 11.9. The van der Waals surface area contributed by atoms with Crippen molar-refractivity contribution in [2.45, 2.75) is 25.3 Å². The molecule has 1 heterocycles. The molecule has 0 aliphatic heterocycles. The maximum absolute atomic E-state index is 6.48. The van der Waals surface area contributed by atoms with Crippen molar-refractivity contribution in [1.29, 1.82) is 0 Å². The Morgan fingerprint density at radius 3 is 2.71 bits per heavy atom. The zero-order valence-corrected chi connectivity index (χ0v) is 10.7.